The molecule has 4 aromatic heterocycles. The van der Waals surface area contributed by atoms with Gasteiger partial charge < -0.3 is 10.5 Å². The van der Waals surface area contributed by atoms with Crippen molar-refractivity contribution in [3.8, 4) is 28.1 Å². The SMILES string of the molecule is Cc1cc(-c2nn([C@@H](C)c3cc4scc(C)n4c(=O)c3-c3cccc(F)c3)c3ncnc(N)c23)ccc1OC(F)F. The predicted octanol–water partition coefficient (Wildman–Crippen LogP) is 6.38. The van der Waals surface area contributed by atoms with Crippen molar-refractivity contribution in [2.24, 2.45) is 0 Å². The van der Waals surface area contributed by atoms with Gasteiger partial charge in [-0.3, -0.25) is 9.20 Å². The lowest BCUT2D eigenvalue weighted by molar-refractivity contribution is -0.0502. The Labute approximate surface area is 235 Å². The molecule has 208 valence electrons. The monoisotopic (exact) mass is 576 g/mol. The van der Waals surface area contributed by atoms with Gasteiger partial charge in [-0.1, -0.05) is 12.1 Å². The Bertz CT molecular complexity index is 2020. The van der Waals surface area contributed by atoms with Crippen LogP contribution < -0.4 is 16.0 Å². The normalized spacial score (nSPS) is 12.5. The summed E-state index contributed by atoms with van der Waals surface area (Å²) in [6, 6.07) is 12.0. The molecule has 0 aliphatic rings. The number of aromatic nitrogens is 5. The van der Waals surface area contributed by atoms with E-state index in [4.69, 9.17) is 10.8 Å². The highest BCUT2D eigenvalue weighted by atomic mass is 32.1. The molecular weight excluding hydrogens is 553 g/mol. The number of pyridine rings is 1. The molecule has 0 saturated carbocycles. The lowest BCUT2D eigenvalue weighted by atomic mass is 9.97. The van der Waals surface area contributed by atoms with Crippen molar-refractivity contribution in [2.45, 2.75) is 33.4 Å². The molecule has 6 aromatic rings. The minimum Gasteiger partial charge on any atom is -0.435 e. The lowest BCUT2D eigenvalue weighted by Crippen LogP contribution is -2.21. The molecule has 12 heteroatoms. The summed E-state index contributed by atoms with van der Waals surface area (Å²) in [5.74, 6) is -0.233. The third-order valence-electron chi connectivity index (χ3n) is 7.02. The fraction of sp³-hybridized carbons (Fsp3) is 0.172. The van der Waals surface area contributed by atoms with E-state index in [-0.39, 0.29) is 17.1 Å². The molecule has 2 aromatic carbocycles. The average Bonchev–Trinajstić information content (AvgIpc) is 3.51. The summed E-state index contributed by atoms with van der Waals surface area (Å²) >= 11 is 1.43. The van der Waals surface area contributed by atoms with Gasteiger partial charge in [0, 0.05) is 16.6 Å². The summed E-state index contributed by atoms with van der Waals surface area (Å²) in [4.78, 5) is 23.2. The van der Waals surface area contributed by atoms with Gasteiger partial charge in [0.05, 0.1) is 17.0 Å². The molecule has 4 heterocycles. The van der Waals surface area contributed by atoms with Crippen molar-refractivity contribution in [1.29, 1.82) is 0 Å². The molecule has 2 N–H and O–H groups in total. The number of rotatable bonds is 6. The molecule has 0 amide bonds. The predicted molar refractivity (Wildman–Crippen MR) is 152 cm³/mol. The van der Waals surface area contributed by atoms with Crippen LogP contribution in [0.25, 0.3) is 38.2 Å². The average molecular weight is 577 g/mol. The fourth-order valence-corrected chi connectivity index (χ4v) is 6.04. The zero-order valence-corrected chi connectivity index (χ0v) is 22.9. The molecule has 0 bridgehead atoms. The van der Waals surface area contributed by atoms with Crippen LogP contribution in [0, 0.1) is 19.7 Å². The van der Waals surface area contributed by atoms with Crippen LogP contribution in [0.5, 0.6) is 5.75 Å². The van der Waals surface area contributed by atoms with E-state index in [1.54, 1.807) is 40.3 Å². The van der Waals surface area contributed by atoms with Gasteiger partial charge in [0.25, 0.3) is 5.56 Å². The largest absolute Gasteiger partial charge is 0.435 e. The number of nitrogens with two attached hydrogens (primary N) is 1. The highest BCUT2D eigenvalue weighted by Crippen LogP contribution is 2.37. The molecule has 0 saturated heterocycles. The number of hydrogen-bond donors (Lipinski definition) is 1. The molecule has 0 spiro atoms. The quantitative estimate of drug-likeness (QED) is 0.247. The van der Waals surface area contributed by atoms with E-state index in [0.717, 1.165) is 10.5 Å². The molecule has 0 aliphatic carbocycles. The van der Waals surface area contributed by atoms with E-state index < -0.39 is 18.5 Å². The number of hydrogen-bond acceptors (Lipinski definition) is 7. The van der Waals surface area contributed by atoms with E-state index in [1.807, 2.05) is 25.3 Å². The fourth-order valence-electron chi connectivity index (χ4n) is 5.11. The number of nitrogen functional groups attached to an aromatic ring is 1. The lowest BCUT2D eigenvalue weighted by Gasteiger charge is -2.18. The molecule has 8 nitrogen and oxygen atoms in total. The molecule has 1 atom stereocenters. The van der Waals surface area contributed by atoms with Crippen LogP contribution in [0.3, 0.4) is 0 Å². The van der Waals surface area contributed by atoms with Crippen molar-refractivity contribution in [3.63, 3.8) is 0 Å². The number of nitrogens with zero attached hydrogens (tertiary/aromatic N) is 5. The maximum atomic E-state index is 14.3. The molecule has 6 rings (SSSR count). The van der Waals surface area contributed by atoms with E-state index in [9.17, 15) is 18.0 Å². The van der Waals surface area contributed by atoms with Crippen molar-refractivity contribution in [3.05, 3.63) is 93.2 Å². The molecule has 0 unspecified atom stereocenters. The first-order valence-electron chi connectivity index (χ1n) is 12.6. The van der Waals surface area contributed by atoms with Crippen LogP contribution >= 0.6 is 11.3 Å². The Balaban J connectivity index is 1.59. The van der Waals surface area contributed by atoms with Crippen LogP contribution in [-0.4, -0.2) is 30.8 Å². The number of ether oxygens (including phenoxy) is 1. The highest BCUT2D eigenvalue weighted by molar-refractivity contribution is 7.15. The van der Waals surface area contributed by atoms with Gasteiger partial charge in [0.15, 0.2) is 5.65 Å². The molecule has 0 aliphatic heterocycles. The van der Waals surface area contributed by atoms with E-state index >= 15 is 0 Å². The Morgan fingerprint density at radius 3 is 2.59 bits per heavy atom. The van der Waals surface area contributed by atoms with E-state index in [2.05, 4.69) is 14.7 Å². The Morgan fingerprint density at radius 2 is 1.85 bits per heavy atom. The van der Waals surface area contributed by atoms with Crippen molar-refractivity contribution < 1.29 is 17.9 Å². The number of anilines is 1. The highest BCUT2D eigenvalue weighted by Gasteiger charge is 2.26. The second-order valence-corrected chi connectivity index (χ2v) is 10.5. The van der Waals surface area contributed by atoms with Gasteiger partial charge in [-0.2, -0.15) is 13.9 Å². The zero-order valence-electron chi connectivity index (χ0n) is 22.1. The van der Waals surface area contributed by atoms with Crippen LogP contribution in [0.15, 0.2) is 65.0 Å². The van der Waals surface area contributed by atoms with Crippen LogP contribution in [0.2, 0.25) is 0 Å². The number of alkyl halides is 2. The van der Waals surface area contributed by atoms with Gasteiger partial charge in [-0.25, -0.2) is 19.0 Å². The van der Waals surface area contributed by atoms with Gasteiger partial charge in [0.2, 0.25) is 0 Å². The third-order valence-corrected chi connectivity index (χ3v) is 8.02. The number of aryl methyl sites for hydroxylation is 2. The van der Waals surface area contributed by atoms with Gasteiger partial charge >= 0.3 is 6.61 Å². The van der Waals surface area contributed by atoms with Crippen LogP contribution in [0.4, 0.5) is 19.0 Å². The van der Waals surface area contributed by atoms with Crippen molar-refractivity contribution in [1.82, 2.24) is 24.1 Å². The maximum Gasteiger partial charge on any atom is 0.387 e. The van der Waals surface area contributed by atoms with Crippen molar-refractivity contribution >= 4 is 33.0 Å². The number of fused-ring (bicyclic) bond motifs is 2. The Kier molecular flexibility index (Phi) is 6.49. The molecule has 0 radical (unpaired) electrons. The first kappa shape index (κ1) is 26.5. The maximum absolute atomic E-state index is 14.3. The second kappa shape index (κ2) is 10.0. The van der Waals surface area contributed by atoms with Crippen molar-refractivity contribution in [2.75, 3.05) is 5.73 Å². The molecular formula is C29H23F3N6O2S. The van der Waals surface area contributed by atoms with E-state index in [1.165, 1.54) is 35.9 Å². The third kappa shape index (κ3) is 4.49. The summed E-state index contributed by atoms with van der Waals surface area (Å²) in [6.07, 6.45) is 1.32. The standard InChI is InChI=1S/C29H23F3N6O2S/c1-14-9-18(7-8-21(14)40-29(31)32)25-24-26(33)34-13-35-27(24)38(36-25)16(3)20-11-22-37(15(2)12-41-22)28(39)23(20)17-5-4-6-19(30)10-17/h4-13,16,29H,1-3H3,(H2,33,34,35)/t16-/m0/s1. The summed E-state index contributed by atoms with van der Waals surface area (Å²) in [5, 5.41) is 7.22. The minimum atomic E-state index is -2.95. The van der Waals surface area contributed by atoms with Crippen LogP contribution in [-0.2, 0) is 0 Å². The Morgan fingerprint density at radius 1 is 1.05 bits per heavy atom. The zero-order chi connectivity index (χ0) is 29.0. The smallest absolute Gasteiger partial charge is 0.387 e. The summed E-state index contributed by atoms with van der Waals surface area (Å²) < 4.78 is 47.9. The topological polar surface area (TPSA) is 100 Å². The Hall–Kier alpha value is -4.71. The van der Waals surface area contributed by atoms with Gasteiger partial charge in [-0.15, -0.1) is 11.3 Å². The number of thiazole rings is 1. The number of halogens is 3. The second-order valence-electron chi connectivity index (χ2n) is 9.63. The summed E-state index contributed by atoms with van der Waals surface area (Å²) in [7, 11) is 0. The first-order valence-corrected chi connectivity index (χ1v) is 13.5. The molecule has 41 heavy (non-hydrogen) atoms. The first-order chi connectivity index (χ1) is 19.6. The number of benzene rings is 2. The van der Waals surface area contributed by atoms with E-state index in [0.29, 0.717) is 44.5 Å². The summed E-state index contributed by atoms with van der Waals surface area (Å²) in [5.41, 5.74) is 10.1. The molecule has 0 fully saturated rings. The minimum absolute atomic E-state index is 0.0461. The summed E-state index contributed by atoms with van der Waals surface area (Å²) in [6.45, 7) is 2.41. The van der Waals surface area contributed by atoms with Gasteiger partial charge in [0.1, 0.15) is 34.2 Å². The van der Waals surface area contributed by atoms with Crippen LogP contribution in [0.1, 0.15) is 29.8 Å². The van der Waals surface area contributed by atoms with Gasteiger partial charge in [-0.05, 0) is 73.9 Å².